The molecule has 4 rings (SSSR count). The van der Waals surface area contributed by atoms with Crippen LogP contribution >= 0.6 is 0 Å². The zero-order valence-electron chi connectivity index (χ0n) is 18.0. The molecule has 0 bridgehead atoms. The van der Waals surface area contributed by atoms with Crippen LogP contribution in [-0.2, 0) is 6.42 Å². The van der Waals surface area contributed by atoms with Gasteiger partial charge in [0.15, 0.2) is 17.3 Å². The van der Waals surface area contributed by atoms with Crippen LogP contribution in [0, 0.1) is 10.1 Å². The van der Waals surface area contributed by atoms with Crippen LogP contribution in [0.4, 0.5) is 17.1 Å². The third-order valence-electron chi connectivity index (χ3n) is 5.38. The average Bonchev–Trinajstić information content (AvgIpc) is 3.37. The van der Waals surface area contributed by atoms with E-state index in [9.17, 15) is 19.7 Å². The summed E-state index contributed by atoms with van der Waals surface area (Å²) in [5, 5.41) is 14.2. The first kappa shape index (κ1) is 21.9. The van der Waals surface area contributed by atoms with E-state index in [2.05, 4.69) is 5.32 Å². The van der Waals surface area contributed by atoms with E-state index in [4.69, 9.17) is 13.9 Å². The molecular weight excluding hydrogens is 430 g/mol. The molecule has 33 heavy (non-hydrogen) atoms. The standard InChI is InChI=1S/C23H21N3O7/c1-31-20-12-16(18(26(29)30)13-21(20)32-2)22(27)24-15-8-7-14-5-3-9-25(17(14)11-15)23(28)19-6-4-10-33-19/h4,6-8,10-13H,3,5,9H2,1-2H3,(H,24,27). The molecule has 0 spiro atoms. The van der Waals surface area contributed by atoms with Crippen LogP contribution in [0.15, 0.2) is 53.1 Å². The number of methoxy groups -OCH3 is 2. The van der Waals surface area contributed by atoms with Crippen molar-refractivity contribution in [3.05, 3.63) is 75.7 Å². The van der Waals surface area contributed by atoms with Gasteiger partial charge in [0.2, 0.25) is 0 Å². The molecule has 1 N–H and O–H groups in total. The lowest BCUT2D eigenvalue weighted by atomic mass is 10.0. The number of anilines is 2. The Bertz CT molecular complexity index is 1220. The molecule has 0 radical (unpaired) electrons. The zero-order valence-corrected chi connectivity index (χ0v) is 18.0. The summed E-state index contributed by atoms with van der Waals surface area (Å²) in [5.74, 6) is -0.420. The average molecular weight is 451 g/mol. The number of aryl methyl sites for hydroxylation is 1. The molecule has 2 heterocycles. The smallest absolute Gasteiger partial charge is 0.293 e. The van der Waals surface area contributed by atoms with E-state index in [1.165, 1.54) is 26.5 Å². The minimum Gasteiger partial charge on any atom is -0.493 e. The minimum absolute atomic E-state index is 0.140. The summed E-state index contributed by atoms with van der Waals surface area (Å²) in [6.45, 7) is 0.505. The van der Waals surface area contributed by atoms with Crippen LogP contribution in [0.3, 0.4) is 0 Å². The summed E-state index contributed by atoms with van der Waals surface area (Å²) in [5.41, 5.74) is 1.40. The second-order valence-electron chi connectivity index (χ2n) is 7.32. The van der Waals surface area contributed by atoms with Crippen molar-refractivity contribution in [3.63, 3.8) is 0 Å². The number of carbonyl (C=O) groups is 2. The van der Waals surface area contributed by atoms with Crippen molar-refractivity contribution < 1.29 is 28.4 Å². The van der Waals surface area contributed by atoms with Crippen molar-refractivity contribution in [2.45, 2.75) is 12.8 Å². The summed E-state index contributed by atoms with van der Waals surface area (Å²) < 4.78 is 15.5. The van der Waals surface area contributed by atoms with Gasteiger partial charge in [0.25, 0.3) is 17.5 Å². The van der Waals surface area contributed by atoms with E-state index in [1.54, 1.807) is 29.2 Å². The van der Waals surface area contributed by atoms with Gasteiger partial charge in [-0.15, -0.1) is 0 Å². The summed E-state index contributed by atoms with van der Waals surface area (Å²) in [7, 11) is 2.73. The fraction of sp³-hybridized carbons (Fsp3) is 0.217. The summed E-state index contributed by atoms with van der Waals surface area (Å²) in [4.78, 5) is 38.3. The molecule has 10 nitrogen and oxygen atoms in total. The van der Waals surface area contributed by atoms with Gasteiger partial charge in [-0.25, -0.2) is 0 Å². The van der Waals surface area contributed by atoms with Crippen LogP contribution in [0.5, 0.6) is 11.5 Å². The zero-order chi connectivity index (χ0) is 23.5. The molecule has 0 saturated heterocycles. The van der Waals surface area contributed by atoms with Crippen LogP contribution in [0.2, 0.25) is 0 Å². The monoisotopic (exact) mass is 451 g/mol. The van der Waals surface area contributed by atoms with Crippen molar-refractivity contribution in [1.82, 2.24) is 0 Å². The molecule has 0 unspecified atom stereocenters. The van der Waals surface area contributed by atoms with E-state index in [-0.39, 0.29) is 28.7 Å². The number of nitro benzene ring substituents is 1. The first-order chi connectivity index (χ1) is 15.9. The van der Waals surface area contributed by atoms with Gasteiger partial charge in [0.05, 0.1) is 31.5 Å². The van der Waals surface area contributed by atoms with Crippen molar-refractivity contribution in [3.8, 4) is 11.5 Å². The molecule has 1 aromatic heterocycles. The molecule has 2 aromatic carbocycles. The molecule has 0 aliphatic carbocycles. The predicted octanol–water partition coefficient (Wildman–Crippen LogP) is 4.05. The number of fused-ring (bicyclic) bond motifs is 1. The quantitative estimate of drug-likeness (QED) is 0.443. The van der Waals surface area contributed by atoms with Gasteiger partial charge in [-0.2, -0.15) is 0 Å². The Morgan fingerprint density at radius 2 is 1.88 bits per heavy atom. The second kappa shape index (κ2) is 9.03. The van der Waals surface area contributed by atoms with Crippen molar-refractivity contribution in [2.24, 2.45) is 0 Å². The van der Waals surface area contributed by atoms with E-state index in [0.717, 1.165) is 24.5 Å². The molecule has 0 fully saturated rings. The Labute approximate surface area is 188 Å². The Morgan fingerprint density at radius 3 is 2.55 bits per heavy atom. The van der Waals surface area contributed by atoms with Crippen LogP contribution in [-0.4, -0.2) is 37.5 Å². The van der Waals surface area contributed by atoms with Crippen molar-refractivity contribution in [2.75, 3.05) is 31.0 Å². The summed E-state index contributed by atoms with van der Waals surface area (Å²) in [6, 6.07) is 10.9. The first-order valence-electron chi connectivity index (χ1n) is 10.1. The van der Waals surface area contributed by atoms with Crippen LogP contribution in [0.1, 0.15) is 32.9 Å². The van der Waals surface area contributed by atoms with E-state index < -0.39 is 16.5 Å². The molecule has 170 valence electrons. The number of amides is 2. The summed E-state index contributed by atoms with van der Waals surface area (Å²) >= 11 is 0. The molecule has 0 saturated carbocycles. The molecule has 10 heteroatoms. The van der Waals surface area contributed by atoms with Crippen molar-refractivity contribution in [1.29, 1.82) is 0 Å². The van der Waals surface area contributed by atoms with Gasteiger partial charge < -0.3 is 24.1 Å². The Kier molecular flexibility index (Phi) is 5.99. The van der Waals surface area contributed by atoms with Gasteiger partial charge in [0.1, 0.15) is 5.56 Å². The number of ether oxygens (including phenoxy) is 2. The molecule has 1 aliphatic rings. The predicted molar refractivity (Wildman–Crippen MR) is 119 cm³/mol. The summed E-state index contributed by atoms with van der Waals surface area (Å²) in [6.07, 6.45) is 3.01. The number of nitrogens with zero attached hydrogens (tertiary/aromatic N) is 2. The highest BCUT2D eigenvalue weighted by molar-refractivity contribution is 6.09. The highest BCUT2D eigenvalue weighted by atomic mass is 16.6. The second-order valence-corrected chi connectivity index (χ2v) is 7.32. The highest BCUT2D eigenvalue weighted by Gasteiger charge is 2.27. The highest BCUT2D eigenvalue weighted by Crippen LogP contribution is 2.36. The van der Waals surface area contributed by atoms with E-state index in [1.807, 2.05) is 6.07 Å². The van der Waals surface area contributed by atoms with Gasteiger partial charge in [-0.05, 0) is 42.7 Å². The Hall–Kier alpha value is -4.34. The number of rotatable bonds is 6. The minimum atomic E-state index is -0.692. The molecule has 0 atom stereocenters. The fourth-order valence-electron chi connectivity index (χ4n) is 3.80. The lowest BCUT2D eigenvalue weighted by Crippen LogP contribution is -2.35. The lowest BCUT2D eigenvalue weighted by molar-refractivity contribution is -0.385. The Morgan fingerprint density at radius 1 is 1.12 bits per heavy atom. The number of hydrogen-bond acceptors (Lipinski definition) is 7. The first-order valence-corrected chi connectivity index (χ1v) is 10.1. The molecular formula is C23H21N3O7. The number of benzene rings is 2. The third-order valence-corrected chi connectivity index (χ3v) is 5.38. The van der Waals surface area contributed by atoms with E-state index in [0.29, 0.717) is 17.9 Å². The van der Waals surface area contributed by atoms with E-state index >= 15 is 0 Å². The third kappa shape index (κ3) is 4.22. The number of hydrogen-bond donors (Lipinski definition) is 1. The molecule has 1 aliphatic heterocycles. The maximum atomic E-state index is 13.0. The van der Waals surface area contributed by atoms with Crippen LogP contribution < -0.4 is 19.7 Å². The SMILES string of the molecule is COc1cc(C(=O)Nc2ccc3c(c2)N(C(=O)c2ccco2)CCC3)c([N+](=O)[O-])cc1OC. The Balaban J connectivity index is 1.66. The van der Waals surface area contributed by atoms with Crippen molar-refractivity contribution >= 4 is 28.9 Å². The number of carbonyl (C=O) groups excluding carboxylic acids is 2. The van der Waals surface area contributed by atoms with Crippen LogP contribution in [0.25, 0.3) is 0 Å². The largest absolute Gasteiger partial charge is 0.493 e. The maximum Gasteiger partial charge on any atom is 0.293 e. The van der Waals surface area contributed by atoms with Gasteiger partial charge in [-0.1, -0.05) is 6.07 Å². The number of nitro groups is 1. The number of nitrogens with one attached hydrogen (secondary N) is 1. The normalized spacial score (nSPS) is 12.6. The fourth-order valence-corrected chi connectivity index (χ4v) is 3.80. The molecule has 2 amide bonds. The lowest BCUT2D eigenvalue weighted by Gasteiger charge is -2.29. The molecule has 3 aromatic rings. The number of furan rings is 1. The van der Waals surface area contributed by atoms with Gasteiger partial charge in [0, 0.05) is 24.0 Å². The van der Waals surface area contributed by atoms with Gasteiger partial charge in [-0.3, -0.25) is 19.7 Å². The topological polar surface area (TPSA) is 124 Å². The van der Waals surface area contributed by atoms with Gasteiger partial charge >= 0.3 is 0 Å². The maximum absolute atomic E-state index is 13.0.